The molecule has 0 atom stereocenters. The van der Waals surface area contributed by atoms with Crippen LogP contribution in [-0.2, 0) is 14.3 Å². The van der Waals surface area contributed by atoms with Gasteiger partial charge in [-0.15, -0.1) is 0 Å². The van der Waals surface area contributed by atoms with E-state index < -0.39 is 29.9 Å². The van der Waals surface area contributed by atoms with Gasteiger partial charge in [-0.1, -0.05) is 12.8 Å². The third-order valence-corrected chi connectivity index (χ3v) is 5.68. The fourth-order valence-corrected chi connectivity index (χ4v) is 4.25. The molecule has 1 saturated heterocycles. The number of carbonyl (C=O) groups is 5. The minimum atomic E-state index is -0.811. The number of hydrogen-bond donors (Lipinski definition) is 2. The lowest BCUT2D eigenvalue weighted by Crippen LogP contribution is -2.44. The maximum atomic E-state index is 12.5. The van der Waals surface area contributed by atoms with Crippen LogP contribution in [0.2, 0.25) is 0 Å². The van der Waals surface area contributed by atoms with Gasteiger partial charge in [-0.05, 0) is 39.2 Å². The van der Waals surface area contributed by atoms with Gasteiger partial charge in [0, 0.05) is 17.8 Å². The van der Waals surface area contributed by atoms with Crippen molar-refractivity contribution >= 4 is 29.5 Å². The van der Waals surface area contributed by atoms with Crippen LogP contribution < -0.4 is 5.32 Å². The maximum absolute atomic E-state index is 12.5. The van der Waals surface area contributed by atoms with Gasteiger partial charge >= 0.3 is 12.0 Å². The first-order valence-corrected chi connectivity index (χ1v) is 9.69. The first kappa shape index (κ1) is 20.8. The van der Waals surface area contributed by atoms with E-state index in [-0.39, 0.29) is 30.3 Å². The summed E-state index contributed by atoms with van der Waals surface area (Å²) in [5.74, 6) is -1.58. The molecule has 9 nitrogen and oxygen atoms in total. The van der Waals surface area contributed by atoms with Crippen LogP contribution in [0, 0.1) is 13.8 Å². The number of hydrogen-bond acceptors (Lipinski definition) is 6. The summed E-state index contributed by atoms with van der Waals surface area (Å²) in [7, 11) is 0. The molecule has 2 fully saturated rings. The number of esters is 1. The Labute approximate surface area is 168 Å². The molecule has 9 heteroatoms. The second-order valence-corrected chi connectivity index (χ2v) is 7.69. The lowest BCUT2D eigenvalue weighted by Gasteiger charge is -2.19. The fraction of sp³-hybridized carbons (Fsp3) is 0.550. The summed E-state index contributed by atoms with van der Waals surface area (Å²) >= 11 is 0. The highest BCUT2D eigenvalue weighted by Crippen LogP contribution is 2.35. The van der Waals surface area contributed by atoms with E-state index in [1.54, 1.807) is 13.8 Å². The molecule has 1 aliphatic carbocycles. The molecule has 1 aromatic heterocycles. The van der Waals surface area contributed by atoms with Gasteiger partial charge in [-0.3, -0.25) is 24.1 Å². The molecule has 3 rings (SSSR count). The SMILES string of the molecule is CC(=O)c1c(C)[nH]c(C(=O)COC(=O)CCN2C(=O)NC3(CCCC3)C2=O)c1C. The predicted octanol–water partition coefficient (Wildman–Crippen LogP) is 1.81. The number of amides is 3. The van der Waals surface area contributed by atoms with E-state index in [2.05, 4.69) is 10.3 Å². The number of aromatic amines is 1. The Bertz CT molecular complexity index is 894. The highest BCUT2D eigenvalue weighted by molar-refractivity contribution is 6.07. The Hall–Kier alpha value is -2.97. The van der Waals surface area contributed by atoms with Crippen LogP contribution in [0.1, 0.15) is 71.1 Å². The fourth-order valence-electron chi connectivity index (χ4n) is 4.25. The Morgan fingerprint density at radius 3 is 2.38 bits per heavy atom. The highest BCUT2D eigenvalue weighted by Gasteiger charge is 2.52. The summed E-state index contributed by atoms with van der Waals surface area (Å²) in [6.07, 6.45) is 2.80. The van der Waals surface area contributed by atoms with E-state index in [0.29, 0.717) is 29.7 Å². The molecule has 1 saturated carbocycles. The highest BCUT2D eigenvalue weighted by atomic mass is 16.5. The van der Waals surface area contributed by atoms with Crippen molar-refractivity contribution in [3.8, 4) is 0 Å². The molecular weight excluding hydrogens is 378 g/mol. The molecule has 156 valence electrons. The molecule has 1 aromatic rings. The first-order valence-electron chi connectivity index (χ1n) is 9.69. The topological polar surface area (TPSA) is 126 Å². The zero-order valence-corrected chi connectivity index (χ0v) is 16.8. The number of carbonyl (C=O) groups excluding carboxylic acids is 5. The molecule has 1 spiro atoms. The summed E-state index contributed by atoms with van der Waals surface area (Å²) in [4.78, 5) is 64.6. The van der Waals surface area contributed by atoms with Crippen molar-refractivity contribution in [3.63, 3.8) is 0 Å². The van der Waals surface area contributed by atoms with Crippen molar-refractivity contribution in [2.45, 2.75) is 58.4 Å². The molecular formula is C20H25N3O6. The number of H-pyrrole nitrogens is 1. The average molecular weight is 403 g/mol. The second-order valence-electron chi connectivity index (χ2n) is 7.69. The number of urea groups is 1. The summed E-state index contributed by atoms with van der Waals surface area (Å²) in [6.45, 7) is 4.20. The van der Waals surface area contributed by atoms with Crippen LogP contribution >= 0.6 is 0 Å². The van der Waals surface area contributed by atoms with Crippen molar-refractivity contribution < 1.29 is 28.7 Å². The summed E-state index contributed by atoms with van der Waals surface area (Å²) in [5, 5.41) is 2.75. The number of rotatable bonds is 7. The third kappa shape index (κ3) is 3.81. The number of ketones is 2. The monoisotopic (exact) mass is 403 g/mol. The van der Waals surface area contributed by atoms with Crippen LogP contribution in [-0.4, -0.2) is 58.0 Å². The zero-order valence-electron chi connectivity index (χ0n) is 16.8. The number of ether oxygens (including phenoxy) is 1. The average Bonchev–Trinajstić information content (AvgIpc) is 3.30. The van der Waals surface area contributed by atoms with Gasteiger partial charge in [0.1, 0.15) is 5.54 Å². The quantitative estimate of drug-likeness (QED) is 0.406. The number of aromatic nitrogens is 1. The van der Waals surface area contributed by atoms with Crippen LogP contribution in [0.15, 0.2) is 0 Å². The van der Waals surface area contributed by atoms with Crippen LogP contribution in [0.3, 0.4) is 0 Å². The molecule has 0 radical (unpaired) electrons. The minimum absolute atomic E-state index is 0.0887. The summed E-state index contributed by atoms with van der Waals surface area (Å²) < 4.78 is 5.01. The van der Waals surface area contributed by atoms with Crippen molar-refractivity contribution in [3.05, 3.63) is 22.5 Å². The lowest BCUT2D eigenvalue weighted by atomic mass is 9.98. The molecule has 3 amide bonds. The number of Topliss-reactive ketones (excluding diaryl/α,β-unsaturated/α-hetero) is 2. The maximum Gasteiger partial charge on any atom is 0.325 e. The van der Waals surface area contributed by atoms with E-state index in [1.807, 2.05) is 0 Å². The largest absolute Gasteiger partial charge is 0.457 e. The zero-order chi connectivity index (χ0) is 21.3. The smallest absolute Gasteiger partial charge is 0.325 e. The molecule has 2 aliphatic rings. The molecule has 0 aromatic carbocycles. The lowest BCUT2D eigenvalue weighted by molar-refractivity contribution is -0.143. The van der Waals surface area contributed by atoms with Gasteiger partial charge in [0.05, 0.1) is 12.1 Å². The molecule has 0 unspecified atom stereocenters. The van der Waals surface area contributed by atoms with E-state index in [9.17, 15) is 24.0 Å². The van der Waals surface area contributed by atoms with Crippen LogP contribution in [0.5, 0.6) is 0 Å². The Kier molecular flexibility index (Phi) is 5.59. The summed E-state index contributed by atoms with van der Waals surface area (Å²) in [6, 6.07) is -0.491. The number of aryl methyl sites for hydroxylation is 1. The van der Waals surface area contributed by atoms with Crippen molar-refractivity contribution in [1.29, 1.82) is 0 Å². The Morgan fingerprint density at radius 2 is 1.79 bits per heavy atom. The summed E-state index contributed by atoms with van der Waals surface area (Å²) in [5.41, 5.74) is 0.993. The predicted molar refractivity (Wildman–Crippen MR) is 102 cm³/mol. The third-order valence-electron chi connectivity index (χ3n) is 5.68. The van der Waals surface area contributed by atoms with Crippen molar-refractivity contribution in [2.24, 2.45) is 0 Å². The molecule has 2 heterocycles. The van der Waals surface area contributed by atoms with Crippen LogP contribution in [0.25, 0.3) is 0 Å². The van der Waals surface area contributed by atoms with Gasteiger partial charge in [-0.2, -0.15) is 0 Å². The van der Waals surface area contributed by atoms with Gasteiger partial charge in [0.2, 0.25) is 5.78 Å². The van der Waals surface area contributed by atoms with Gasteiger partial charge < -0.3 is 15.0 Å². The molecule has 2 N–H and O–H groups in total. The van der Waals surface area contributed by atoms with E-state index in [0.717, 1.165) is 17.7 Å². The first-order chi connectivity index (χ1) is 13.7. The van der Waals surface area contributed by atoms with Crippen molar-refractivity contribution in [2.75, 3.05) is 13.2 Å². The van der Waals surface area contributed by atoms with Crippen molar-refractivity contribution in [1.82, 2.24) is 15.2 Å². The number of nitrogens with one attached hydrogen (secondary N) is 2. The second kappa shape index (κ2) is 7.81. The standard InChI is InChI=1S/C20H25N3O6/c1-11-16(13(3)24)12(2)21-17(11)14(25)10-29-15(26)6-9-23-18(27)20(22-19(23)28)7-4-5-8-20/h21H,4-10H2,1-3H3,(H,22,28). The van der Waals surface area contributed by atoms with Gasteiger partial charge in [0.15, 0.2) is 12.4 Å². The minimum Gasteiger partial charge on any atom is -0.457 e. The van der Waals surface area contributed by atoms with Gasteiger partial charge in [0.25, 0.3) is 5.91 Å². The molecule has 29 heavy (non-hydrogen) atoms. The number of imide groups is 1. The molecule has 0 bridgehead atoms. The van der Waals surface area contributed by atoms with E-state index in [4.69, 9.17) is 4.74 Å². The normalized spacial score (nSPS) is 17.7. The van der Waals surface area contributed by atoms with E-state index >= 15 is 0 Å². The van der Waals surface area contributed by atoms with Crippen LogP contribution in [0.4, 0.5) is 4.79 Å². The number of nitrogens with zero attached hydrogens (tertiary/aromatic N) is 1. The Morgan fingerprint density at radius 1 is 1.14 bits per heavy atom. The molecule has 1 aliphatic heterocycles. The van der Waals surface area contributed by atoms with Gasteiger partial charge in [-0.25, -0.2) is 4.79 Å². The Balaban J connectivity index is 1.52. The van der Waals surface area contributed by atoms with E-state index in [1.165, 1.54) is 6.92 Å².